The zero-order valence-corrected chi connectivity index (χ0v) is 13.7. The highest BCUT2D eigenvalue weighted by atomic mass is 32.2. The summed E-state index contributed by atoms with van der Waals surface area (Å²) in [6, 6.07) is 1.43. The van der Waals surface area contributed by atoms with Gasteiger partial charge in [0.2, 0.25) is 0 Å². The van der Waals surface area contributed by atoms with Gasteiger partial charge in [-0.3, -0.25) is 0 Å². The van der Waals surface area contributed by atoms with Crippen LogP contribution in [0.4, 0.5) is 0 Å². The monoisotopic (exact) mass is 333 g/mol. The summed E-state index contributed by atoms with van der Waals surface area (Å²) in [6.07, 6.45) is 1.89. The van der Waals surface area contributed by atoms with E-state index in [2.05, 4.69) is 0 Å². The Balaban J connectivity index is 2.16. The second-order valence-electron chi connectivity index (χ2n) is 5.25. The van der Waals surface area contributed by atoms with Gasteiger partial charge >= 0.3 is 5.97 Å². The van der Waals surface area contributed by atoms with E-state index in [9.17, 15) is 13.2 Å². The van der Waals surface area contributed by atoms with E-state index in [-0.39, 0.29) is 15.0 Å². The SMILES string of the molecule is Cc1cc(S(=O)(=O)N(C)CC2CCCOC2)sc1C(=O)O. The average Bonchev–Trinajstić information content (AvgIpc) is 2.82. The number of carboxylic acids is 1. The molecule has 0 radical (unpaired) electrons. The van der Waals surface area contributed by atoms with E-state index in [1.54, 1.807) is 6.92 Å². The maximum absolute atomic E-state index is 12.5. The van der Waals surface area contributed by atoms with E-state index in [4.69, 9.17) is 9.84 Å². The van der Waals surface area contributed by atoms with Gasteiger partial charge in [-0.25, -0.2) is 13.2 Å². The fraction of sp³-hybridized carbons (Fsp3) is 0.615. The van der Waals surface area contributed by atoms with Gasteiger partial charge in [0.25, 0.3) is 10.0 Å². The number of ether oxygens (including phenoxy) is 1. The Morgan fingerprint density at radius 3 is 2.81 bits per heavy atom. The molecule has 2 heterocycles. The molecule has 8 heteroatoms. The van der Waals surface area contributed by atoms with Gasteiger partial charge in [0.15, 0.2) is 0 Å². The number of aromatic carboxylic acids is 1. The summed E-state index contributed by atoms with van der Waals surface area (Å²) in [5, 5.41) is 9.03. The van der Waals surface area contributed by atoms with Gasteiger partial charge < -0.3 is 9.84 Å². The normalized spacial score (nSPS) is 19.9. The Kier molecular flexibility index (Phi) is 5.03. The van der Waals surface area contributed by atoms with E-state index in [0.29, 0.717) is 18.7 Å². The highest BCUT2D eigenvalue weighted by molar-refractivity contribution is 7.91. The molecule has 1 fully saturated rings. The summed E-state index contributed by atoms with van der Waals surface area (Å²) in [5.41, 5.74) is 0.473. The van der Waals surface area contributed by atoms with Crippen molar-refractivity contribution in [3.8, 4) is 0 Å². The first-order valence-corrected chi connectivity index (χ1v) is 8.96. The summed E-state index contributed by atoms with van der Waals surface area (Å²) < 4.78 is 31.7. The number of rotatable bonds is 5. The molecule has 118 valence electrons. The second kappa shape index (κ2) is 6.43. The number of carboxylic acid groups (broad SMARTS) is 1. The number of sulfonamides is 1. The topological polar surface area (TPSA) is 83.9 Å². The minimum absolute atomic E-state index is 0.0722. The summed E-state index contributed by atoms with van der Waals surface area (Å²) in [6.45, 7) is 3.30. The predicted octanol–water partition coefficient (Wildman–Crippen LogP) is 1.80. The van der Waals surface area contributed by atoms with E-state index in [1.807, 2.05) is 0 Å². The van der Waals surface area contributed by atoms with Crippen molar-refractivity contribution in [2.75, 3.05) is 26.8 Å². The maximum atomic E-state index is 12.5. The lowest BCUT2D eigenvalue weighted by molar-refractivity contribution is 0.0495. The zero-order valence-electron chi connectivity index (χ0n) is 12.0. The molecule has 1 aliphatic rings. The van der Waals surface area contributed by atoms with Crippen LogP contribution in [0, 0.1) is 12.8 Å². The Labute approximate surface area is 128 Å². The fourth-order valence-electron chi connectivity index (χ4n) is 2.36. The van der Waals surface area contributed by atoms with Gasteiger partial charge in [-0.1, -0.05) is 0 Å². The summed E-state index contributed by atoms with van der Waals surface area (Å²) in [5.74, 6) is -0.902. The Hall–Kier alpha value is -0.960. The Morgan fingerprint density at radius 2 is 2.29 bits per heavy atom. The van der Waals surface area contributed by atoms with Crippen LogP contribution in [-0.2, 0) is 14.8 Å². The van der Waals surface area contributed by atoms with Crippen molar-refractivity contribution in [2.24, 2.45) is 5.92 Å². The van der Waals surface area contributed by atoms with Crippen LogP contribution in [0.2, 0.25) is 0 Å². The lowest BCUT2D eigenvalue weighted by atomic mass is 10.0. The molecule has 21 heavy (non-hydrogen) atoms. The number of carbonyl (C=O) groups is 1. The summed E-state index contributed by atoms with van der Waals surface area (Å²) in [4.78, 5) is 11.1. The van der Waals surface area contributed by atoms with E-state index >= 15 is 0 Å². The molecule has 0 bridgehead atoms. The van der Waals surface area contributed by atoms with E-state index in [0.717, 1.165) is 30.8 Å². The van der Waals surface area contributed by atoms with Crippen molar-refractivity contribution in [3.63, 3.8) is 0 Å². The number of nitrogens with zero attached hydrogens (tertiary/aromatic N) is 1. The quantitative estimate of drug-likeness (QED) is 0.888. The highest BCUT2D eigenvalue weighted by Crippen LogP contribution is 2.29. The summed E-state index contributed by atoms with van der Waals surface area (Å²) in [7, 11) is -2.11. The van der Waals surface area contributed by atoms with Crippen molar-refractivity contribution >= 4 is 27.3 Å². The predicted molar refractivity (Wildman–Crippen MR) is 79.4 cm³/mol. The van der Waals surface area contributed by atoms with Gasteiger partial charge in [-0.05, 0) is 37.3 Å². The maximum Gasteiger partial charge on any atom is 0.346 e. The first kappa shape index (κ1) is 16.4. The third kappa shape index (κ3) is 3.63. The Morgan fingerprint density at radius 1 is 1.57 bits per heavy atom. The van der Waals surface area contributed by atoms with Crippen molar-refractivity contribution in [1.29, 1.82) is 0 Å². The highest BCUT2D eigenvalue weighted by Gasteiger charge is 2.28. The van der Waals surface area contributed by atoms with Crippen LogP contribution in [-0.4, -0.2) is 50.6 Å². The molecule has 0 aliphatic carbocycles. The van der Waals surface area contributed by atoms with Crippen LogP contribution in [0.15, 0.2) is 10.3 Å². The van der Waals surface area contributed by atoms with Gasteiger partial charge in [-0.2, -0.15) is 4.31 Å². The molecule has 6 nitrogen and oxygen atoms in total. The number of aryl methyl sites for hydroxylation is 1. The van der Waals surface area contributed by atoms with E-state index in [1.165, 1.54) is 17.4 Å². The lowest BCUT2D eigenvalue weighted by Gasteiger charge is -2.26. The van der Waals surface area contributed by atoms with Crippen LogP contribution in [0.3, 0.4) is 0 Å². The fourth-order valence-corrected chi connectivity index (χ4v) is 5.20. The standard InChI is InChI=1S/C13H19NO5S2/c1-9-6-11(20-12(9)13(15)16)21(17,18)14(2)7-10-4-3-5-19-8-10/h6,10H,3-5,7-8H2,1-2H3,(H,15,16). The first-order chi connectivity index (χ1) is 9.82. The molecule has 0 aromatic carbocycles. The van der Waals surface area contributed by atoms with Crippen molar-refractivity contribution in [3.05, 3.63) is 16.5 Å². The lowest BCUT2D eigenvalue weighted by Crippen LogP contribution is -2.34. The minimum Gasteiger partial charge on any atom is -0.477 e. The van der Waals surface area contributed by atoms with Gasteiger partial charge in [0, 0.05) is 20.2 Å². The van der Waals surface area contributed by atoms with Crippen LogP contribution >= 0.6 is 11.3 Å². The molecule has 0 saturated carbocycles. The molecule has 0 amide bonds. The van der Waals surface area contributed by atoms with Gasteiger partial charge in [0.05, 0.1) is 6.61 Å². The number of thiophene rings is 1. The zero-order chi connectivity index (χ0) is 15.6. The van der Waals surface area contributed by atoms with Crippen LogP contribution in [0.25, 0.3) is 0 Å². The molecular weight excluding hydrogens is 314 g/mol. The molecular formula is C13H19NO5S2. The number of hydrogen-bond acceptors (Lipinski definition) is 5. The van der Waals surface area contributed by atoms with Gasteiger partial charge in [-0.15, -0.1) is 11.3 Å². The third-order valence-corrected chi connectivity index (χ3v) is 7.02. The molecule has 1 aromatic heterocycles. The molecule has 2 rings (SSSR count). The molecule has 1 N–H and O–H groups in total. The summed E-state index contributed by atoms with van der Waals surface area (Å²) >= 11 is 0.804. The smallest absolute Gasteiger partial charge is 0.346 e. The minimum atomic E-state index is -3.64. The van der Waals surface area contributed by atoms with Crippen LogP contribution in [0.1, 0.15) is 28.1 Å². The molecule has 1 aromatic rings. The van der Waals surface area contributed by atoms with E-state index < -0.39 is 16.0 Å². The molecule has 1 unspecified atom stereocenters. The average molecular weight is 333 g/mol. The molecule has 0 spiro atoms. The number of hydrogen-bond donors (Lipinski definition) is 1. The first-order valence-electron chi connectivity index (χ1n) is 6.70. The molecule has 1 atom stereocenters. The largest absolute Gasteiger partial charge is 0.477 e. The third-order valence-electron chi connectivity index (χ3n) is 3.52. The Bertz CT molecular complexity index is 617. The van der Waals surface area contributed by atoms with Crippen molar-refractivity contribution in [2.45, 2.75) is 24.0 Å². The second-order valence-corrected chi connectivity index (χ2v) is 8.58. The van der Waals surface area contributed by atoms with Gasteiger partial charge in [0.1, 0.15) is 9.09 Å². The van der Waals surface area contributed by atoms with Crippen LogP contribution < -0.4 is 0 Å². The van der Waals surface area contributed by atoms with Crippen LogP contribution in [0.5, 0.6) is 0 Å². The van der Waals surface area contributed by atoms with Crippen molar-refractivity contribution in [1.82, 2.24) is 4.31 Å². The van der Waals surface area contributed by atoms with Crippen molar-refractivity contribution < 1.29 is 23.1 Å². The molecule has 1 aliphatic heterocycles. The molecule has 1 saturated heterocycles.